The van der Waals surface area contributed by atoms with Crippen molar-refractivity contribution in [3.05, 3.63) is 64.2 Å². The average molecular weight is 617 g/mol. The van der Waals surface area contributed by atoms with Gasteiger partial charge in [-0.05, 0) is 73.4 Å². The standard InChI is InChI=1S/C31H38F6N2O4/c1-5-10-21-18-24(29(42,30(32,33)34)31(35,36)37)19-22(11-6-2)25(21)43-17-9-8-16-39-26(40)28(4,38-27(39)41)23-14-12-20(7-3)13-15-23/h12-15,18-19,42H,5-11,16-17H2,1-4H3,(H,38,41). The molecule has 2 aromatic carbocycles. The maximum absolute atomic E-state index is 13.6. The van der Waals surface area contributed by atoms with E-state index < -0.39 is 41.0 Å². The lowest BCUT2D eigenvalue weighted by atomic mass is 9.87. The van der Waals surface area contributed by atoms with Crippen molar-refractivity contribution in [2.24, 2.45) is 0 Å². The Kier molecular flexibility index (Phi) is 10.5. The number of aliphatic hydroxyl groups is 1. The highest BCUT2D eigenvalue weighted by Crippen LogP contribution is 2.51. The van der Waals surface area contributed by atoms with Gasteiger partial charge in [0.15, 0.2) is 0 Å². The third-order valence-corrected chi connectivity index (χ3v) is 7.76. The van der Waals surface area contributed by atoms with Gasteiger partial charge in [-0.25, -0.2) is 4.79 Å². The van der Waals surface area contributed by atoms with Gasteiger partial charge in [-0.2, -0.15) is 26.3 Å². The van der Waals surface area contributed by atoms with Gasteiger partial charge in [0.2, 0.25) is 0 Å². The van der Waals surface area contributed by atoms with Crippen LogP contribution in [0.3, 0.4) is 0 Å². The zero-order chi connectivity index (χ0) is 32.2. The van der Waals surface area contributed by atoms with E-state index in [9.17, 15) is 41.0 Å². The number of ether oxygens (including phenoxy) is 1. The van der Waals surface area contributed by atoms with Crippen molar-refractivity contribution in [3.8, 4) is 5.75 Å². The van der Waals surface area contributed by atoms with Crippen LogP contribution < -0.4 is 10.1 Å². The highest BCUT2D eigenvalue weighted by molar-refractivity contribution is 6.07. The van der Waals surface area contributed by atoms with Crippen LogP contribution in [-0.2, 0) is 35.2 Å². The van der Waals surface area contributed by atoms with Gasteiger partial charge < -0.3 is 15.2 Å². The maximum Gasteiger partial charge on any atom is 0.430 e. The molecule has 1 aliphatic heterocycles. The van der Waals surface area contributed by atoms with Crippen molar-refractivity contribution in [3.63, 3.8) is 0 Å². The molecule has 1 aliphatic rings. The first-order valence-corrected chi connectivity index (χ1v) is 14.4. The summed E-state index contributed by atoms with van der Waals surface area (Å²) in [5.74, 6) is -0.201. The van der Waals surface area contributed by atoms with Crippen LogP contribution >= 0.6 is 0 Å². The summed E-state index contributed by atoms with van der Waals surface area (Å²) in [6.45, 7) is 7.25. The minimum Gasteiger partial charge on any atom is -0.493 e. The fourth-order valence-electron chi connectivity index (χ4n) is 5.26. The molecule has 3 rings (SSSR count). The Bertz CT molecular complexity index is 1250. The number of alkyl halides is 6. The fourth-order valence-corrected chi connectivity index (χ4v) is 5.26. The number of halogens is 6. The number of rotatable bonds is 13. The zero-order valence-electron chi connectivity index (χ0n) is 24.7. The number of carbonyl (C=O) groups excluding carboxylic acids is 2. The van der Waals surface area contributed by atoms with Crippen LogP contribution in [-0.4, -0.2) is 47.4 Å². The smallest absolute Gasteiger partial charge is 0.430 e. The molecule has 1 unspecified atom stereocenters. The molecule has 1 saturated heterocycles. The van der Waals surface area contributed by atoms with Crippen LogP contribution in [0.25, 0.3) is 0 Å². The van der Waals surface area contributed by atoms with E-state index in [-0.39, 0.29) is 42.9 Å². The molecule has 2 aromatic rings. The molecule has 1 atom stereocenters. The highest BCUT2D eigenvalue weighted by Gasteiger charge is 2.71. The van der Waals surface area contributed by atoms with E-state index in [0.29, 0.717) is 31.2 Å². The number of carbonyl (C=O) groups is 2. The summed E-state index contributed by atoms with van der Waals surface area (Å²) in [7, 11) is 0. The molecule has 43 heavy (non-hydrogen) atoms. The molecule has 0 aliphatic carbocycles. The number of nitrogens with zero attached hydrogens (tertiary/aromatic N) is 1. The van der Waals surface area contributed by atoms with Crippen molar-refractivity contribution in [2.45, 2.75) is 96.1 Å². The van der Waals surface area contributed by atoms with Gasteiger partial charge >= 0.3 is 18.4 Å². The van der Waals surface area contributed by atoms with Gasteiger partial charge in [0.1, 0.15) is 11.3 Å². The fraction of sp³-hybridized carbons (Fsp3) is 0.548. The Balaban J connectivity index is 1.74. The lowest BCUT2D eigenvalue weighted by molar-refractivity contribution is -0.376. The Morgan fingerprint density at radius 3 is 1.88 bits per heavy atom. The molecule has 6 nitrogen and oxygen atoms in total. The van der Waals surface area contributed by atoms with Gasteiger partial charge in [-0.1, -0.05) is 57.9 Å². The summed E-state index contributed by atoms with van der Waals surface area (Å²) >= 11 is 0. The van der Waals surface area contributed by atoms with Crippen molar-refractivity contribution in [1.82, 2.24) is 10.2 Å². The Morgan fingerprint density at radius 2 is 1.42 bits per heavy atom. The highest BCUT2D eigenvalue weighted by atomic mass is 19.4. The SMILES string of the molecule is CCCc1cc(C(O)(C(F)(F)F)C(F)(F)F)cc(CCC)c1OCCCCN1C(=O)NC(C)(c2ccc(CC)cc2)C1=O. The lowest BCUT2D eigenvalue weighted by Crippen LogP contribution is -2.54. The van der Waals surface area contributed by atoms with E-state index in [1.54, 1.807) is 20.8 Å². The van der Waals surface area contributed by atoms with Gasteiger partial charge in [0.05, 0.1) is 6.61 Å². The predicted molar refractivity (Wildman–Crippen MR) is 149 cm³/mol. The van der Waals surface area contributed by atoms with Crippen LogP contribution in [0.4, 0.5) is 31.1 Å². The van der Waals surface area contributed by atoms with Gasteiger partial charge in [-0.3, -0.25) is 9.69 Å². The molecule has 0 bridgehead atoms. The normalized spacial score (nSPS) is 17.9. The second-order valence-corrected chi connectivity index (χ2v) is 10.9. The van der Waals surface area contributed by atoms with E-state index in [1.807, 2.05) is 31.2 Å². The average Bonchev–Trinajstić information content (AvgIpc) is 3.15. The van der Waals surface area contributed by atoms with Crippen LogP contribution in [0.2, 0.25) is 0 Å². The third-order valence-electron chi connectivity index (χ3n) is 7.76. The number of hydrogen-bond acceptors (Lipinski definition) is 4. The largest absolute Gasteiger partial charge is 0.493 e. The minimum absolute atomic E-state index is 0.0506. The first kappa shape index (κ1) is 34.2. The summed E-state index contributed by atoms with van der Waals surface area (Å²) in [6.07, 6.45) is -9.36. The number of hydrogen-bond donors (Lipinski definition) is 2. The molecular weight excluding hydrogens is 578 g/mol. The topological polar surface area (TPSA) is 78.9 Å². The molecule has 0 aromatic heterocycles. The van der Waals surface area contributed by atoms with Crippen LogP contribution in [0.5, 0.6) is 5.75 Å². The molecule has 2 N–H and O–H groups in total. The minimum atomic E-state index is -5.99. The van der Waals surface area contributed by atoms with Crippen molar-refractivity contribution in [2.75, 3.05) is 13.2 Å². The molecule has 0 spiro atoms. The van der Waals surface area contributed by atoms with Gasteiger partial charge in [0, 0.05) is 12.1 Å². The molecular formula is C31H38F6N2O4. The van der Waals surface area contributed by atoms with E-state index in [0.717, 1.165) is 29.0 Å². The Morgan fingerprint density at radius 1 is 0.884 bits per heavy atom. The van der Waals surface area contributed by atoms with Gasteiger partial charge in [-0.15, -0.1) is 0 Å². The monoisotopic (exact) mass is 616 g/mol. The van der Waals surface area contributed by atoms with Gasteiger partial charge in [0.25, 0.3) is 11.5 Å². The van der Waals surface area contributed by atoms with E-state index in [1.165, 1.54) is 0 Å². The first-order chi connectivity index (χ1) is 20.0. The quantitative estimate of drug-likeness (QED) is 0.143. The summed E-state index contributed by atoms with van der Waals surface area (Å²) in [5.41, 5.74) is -5.51. The Labute approximate surface area is 247 Å². The summed E-state index contributed by atoms with van der Waals surface area (Å²) in [4.78, 5) is 27.0. The van der Waals surface area contributed by atoms with Crippen LogP contribution in [0.15, 0.2) is 36.4 Å². The number of imide groups is 1. The number of unbranched alkanes of at least 4 members (excludes halogenated alkanes) is 1. The van der Waals surface area contributed by atoms with Crippen molar-refractivity contribution >= 4 is 11.9 Å². The summed E-state index contributed by atoms with van der Waals surface area (Å²) in [5, 5.41) is 12.8. The Hall–Kier alpha value is -3.28. The van der Waals surface area contributed by atoms with Crippen LogP contribution in [0.1, 0.15) is 81.2 Å². The number of aryl methyl sites for hydroxylation is 3. The second-order valence-electron chi connectivity index (χ2n) is 10.9. The van der Waals surface area contributed by atoms with Crippen molar-refractivity contribution in [1.29, 1.82) is 0 Å². The van der Waals surface area contributed by atoms with Crippen molar-refractivity contribution < 1.29 is 45.8 Å². The molecule has 238 valence electrons. The van der Waals surface area contributed by atoms with E-state index >= 15 is 0 Å². The van der Waals surface area contributed by atoms with E-state index in [4.69, 9.17) is 4.74 Å². The third kappa shape index (κ3) is 6.78. The molecule has 0 saturated carbocycles. The molecule has 0 radical (unpaired) electrons. The summed E-state index contributed by atoms with van der Waals surface area (Å²) in [6, 6.07) is 8.34. The first-order valence-electron chi connectivity index (χ1n) is 14.4. The second kappa shape index (κ2) is 13.2. The maximum atomic E-state index is 13.6. The predicted octanol–water partition coefficient (Wildman–Crippen LogP) is 7.09. The number of benzene rings is 2. The number of urea groups is 1. The lowest BCUT2D eigenvalue weighted by Gasteiger charge is -2.33. The molecule has 12 heteroatoms. The number of amides is 3. The molecule has 3 amide bonds. The van der Waals surface area contributed by atoms with Crippen LogP contribution in [0, 0.1) is 0 Å². The summed E-state index contributed by atoms with van der Waals surface area (Å²) < 4.78 is 87.6. The molecule has 1 fully saturated rings. The number of nitrogens with one attached hydrogen (secondary N) is 1. The van der Waals surface area contributed by atoms with E-state index in [2.05, 4.69) is 5.32 Å². The molecule has 1 heterocycles. The zero-order valence-corrected chi connectivity index (χ0v) is 24.7.